The summed E-state index contributed by atoms with van der Waals surface area (Å²) >= 11 is 0. The van der Waals surface area contributed by atoms with Crippen molar-refractivity contribution in [2.75, 3.05) is 6.61 Å². The van der Waals surface area contributed by atoms with Crippen LogP contribution in [0.15, 0.2) is 40.9 Å². The van der Waals surface area contributed by atoms with Crippen LogP contribution in [0.4, 0.5) is 0 Å². The van der Waals surface area contributed by atoms with Crippen LogP contribution in [0.25, 0.3) is 22.8 Å². The Morgan fingerprint density at radius 2 is 2.03 bits per heavy atom. The average Bonchev–Trinajstić information content (AvgIpc) is 3.54. The lowest BCUT2D eigenvalue weighted by molar-refractivity contribution is -0.133. The van der Waals surface area contributed by atoms with Crippen LogP contribution in [0, 0.1) is 23.2 Å². The number of nitrogens with zero attached hydrogens (tertiary/aromatic N) is 4. The van der Waals surface area contributed by atoms with Gasteiger partial charge in [-0.3, -0.25) is 4.79 Å². The van der Waals surface area contributed by atoms with Crippen molar-refractivity contribution < 1.29 is 19.2 Å². The highest BCUT2D eigenvalue weighted by Gasteiger charge is 2.49. The molecule has 0 radical (unpaired) electrons. The van der Waals surface area contributed by atoms with Gasteiger partial charge < -0.3 is 19.3 Å². The summed E-state index contributed by atoms with van der Waals surface area (Å²) in [4.78, 5) is 19.4. The molecule has 0 saturated carbocycles. The monoisotopic (exact) mass is 486 g/mol. The number of ether oxygens (including phenoxy) is 1. The number of hydrogen-bond donors (Lipinski definition) is 1. The van der Waals surface area contributed by atoms with Crippen molar-refractivity contribution in [2.45, 2.75) is 58.7 Å². The van der Waals surface area contributed by atoms with Gasteiger partial charge >= 0.3 is 0 Å². The quantitative estimate of drug-likeness (QED) is 0.522. The summed E-state index contributed by atoms with van der Waals surface area (Å²) in [5, 5.41) is 23.8. The van der Waals surface area contributed by atoms with Crippen LogP contribution in [0.2, 0.25) is 0 Å². The fraction of sp³-hybridized carbons (Fsp3) is 0.429. The molecule has 2 aliphatic rings. The van der Waals surface area contributed by atoms with Gasteiger partial charge in [0.25, 0.3) is 5.89 Å². The van der Waals surface area contributed by atoms with Gasteiger partial charge in [-0.15, -0.1) is 0 Å². The summed E-state index contributed by atoms with van der Waals surface area (Å²) in [7, 11) is 0. The zero-order valence-corrected chi connectivity index (χ0v) is 20.9. The fourth-order valence-electron chi connectivity index (χ4n) is 5.56. The van der Waals surface area contributed by atoms with Gasteiger partial charge in [0, 0.05) is 17.5 Å². The normalized spacial score (nSPS) is 19.5. The lowest BCUT2D eigenvalue weighted by atomic mass is 9.97. The molecule has 2 heterocycles. The van der Waals surface area contributed by atoms with Crippen molar-refractivity contribution in [1.29, 1.82) is 5.26 Å². The highest BCUT2D eigenvalue weighted by Crippen LogP contribution is 2.50. The molecule has 1 amide bonds. The van der Waals surface area contributed by atoms with E-state index in [1.165, 1.54) is 0 Å². The molecule has 1 saturated heterocycles. The number of aliphatic hydroxyl groups is 1. The number of likely N-dealkylation sites (tertiary alicyclic amines) is 1. The van der Waals surface area contributed by atoms with Crippen molar-refractivity contribution in [1.82, 2.24) is 15.0 Å². The van der Waals surface area contributed by atoms with Gasteiger partial charge in [0.1, 0.15) is 11.8 Å². The number of rotatable bonds is 7. The number of hydrogen-bond acceptors (Lipinski definition) is 7. The minimum atomic E-state index is -0.212. The van der Waals surface area contributed by atoms with Gasteiger partial charge in [0.05, 0.1) is 30.4 Å². The maximum atomic E-state index is 12.9. The van der Waals surface area contributed by atoms with Gasteiger partial charge in [0.2, 0.25) is 11.7 Å². The maximum absolute atomic E-state index is 12.9. The first-order valence-electron chi connectivity index (χ1n) is 12.4. The number of aromatic nitrogens is 2. The SMILES string of the molecule is CC(C)Oc1ccc(-c2nc(-c3cccc4c3CC3CC(=O)N([C@@H](CO)C(C)C)[C@H]43)no2)cc1C#N. The predicted molar refractivity (Wildman–Crippen MR) is 133 cm³/mol. The molecule has 36 heavy (non-hydrogen) atoms. The Morgan fingerprint density at radius 1 is 1.22 bits per heavy atom. The van der Waals surface area contributed by atoms with Crippen molar-refractivity contribution in [3.8, 4) is 34.7 Å². The first kappa shape index (κ1) is 24.0. The molecule has 2 aromatic carbocycles. The molecule has 1 fully saturated rings. The van der Waals surface area contributed by atoms with Gasteiger partial charge in [0.15, 0.2) is 0 Å². The van der Waals surface area contributed by atoms with Crippen molar-refractivity contribution in [3.05, 3.63) is 53.1 Å². The van der Waals surface area contributed by atoms with Gasteiger partial charge in [-0.05, 0) is 61.4 Å². The van der Waals surface area contributed by atoms with E-state index in [0.717, 1.165) is 23.1 Å². The van der Waals surface area contributed by atoms with E-state index in [1.54, 1.807) is 18.2 Å². The Morgan fingerprint density at radius 3 is 2.72 bits per heavy atom. The number of fused-ring (bicyclic) bond motifs is 3. The van der Waals surface area contributed by atoms with Crippen LogP contribution in [0.5, 0.6) is 5.75 Å². The molecule has 3 aromatic rings. The summed E-state index contributed by atoms with van der Waals surface area (Å²) in [6.07, 6.45) is 1.18. The second-order valence-electron chi connectivity index (χ2n) is 10.2. The number of nitriles is 1. The van der Waals surface area contributed by atoms with E-state index < -0.39 is 0 Å². The van der Waals surface area contributed by atoms with E-state index in [9.17, 15) is 15.2 Å². The van der Waals surface area contributed by atoms with Crippen LogP contribution < -0.4 is 4.74 Å². The number of amides is 1. The van der Waals surface area contributed by atoms with E-state index in [2.05, 4.69) is 22.3 Å². The van der Waals surface area contributed by atoms with E-state index in [0.29, 0.717) is 35.0 Å². The third-order valence-corrected chi connectivity index (χ3v) is 7.16. The second kappa shape index (κ2) is 9.40. The van der Waals surface area contributed by atoms with Crippen LogP contribution in [-0.2, 0) is 11.2 Å². The summed E-state index contributed by atoms with van der Waals surface area (Å²) in [6.45, 7) is 7.84. The number of carbonyl (C=O) groups is 1. The van der Waals surface area contributed by atoms with E-state index in [4.69, 9.17) is 9.26 Å². The molecule has 5 rings (SSSR count). The van der Waals surface area contributed by atoms with Crippen molar-refractivity contribution in [3.63, 3.8) is 0 Å². The molecule has 1 unspecified atom stereocenters. The molecule has 0 spiro atoms. The summed E-state index contributed by atoms with van der Waals surface area (Å²) in [5.74, 6) is 1.74. The zero-order valence-electron chi connectivity index (χ0n) is 20.9. The van der Waals surface area contributed by atoms with Crippen molar-refractivity contribution in [2.24, 2.45) is 11.8 Å². The topological polar surface area (TPSA) is 112 Å². The third kappa shape index (κ3) is 4.03. The van der Waals surface area contributed by atoms with Crippen LogP contribution in [-0.4, -0.2) is 44.8 Å². The Bertz CT molecular complexity index is 1340. The minimum Gasteiger partial charge on any atom is -0.490 e. The summed E-state index contributed by atoms with van der Waals surface area (Å²) < 4.78 is 11.3. The fourth-order valence-corrected chi connectivity index (χ4v) is 5.56. The molecule has 1 aliphatic heterocycles. The van der Waals surface area contributed by atoms with Crippen molar-refractivity contribution >= 4 is 5.91 Å². The van der Waals surface area contributed by atoms with Gasteiger partial charge in [-0.1, -0.05) is 37.2 Å². The highest BCUT2D eigenvalue weighted by molar-refractivity contribution is 5.82. The maximum Gasteiger partial charge on any atom is 0.258 e. The third-order valence-electron chi connectivity index (χ3n) is 7.16. The van der Waals surface area contributed by atoms with E-state index >= 15 is 0 Å². The Hall–Kier alpha value is -3.70. The molecular weight excluding hydrogens is 456 g/mol. The standard InChI is InChI=1S/C28H30N4O4/c1-15(2)23(14-33)32-25(34)12-18-11-22-20(26(18)32)6-5-7-21(22)27-30-28(36-31-27)17-8-9-24(35-16(3)4)19(10-17)13-29/h5-10,15-16,18,23,26,33H,11-12,14H2,1-4H3/t18?,23-,26-/m0/s1. The van der Waals surface area contributed by atoms with Crippen LogP contribution >= 0.6 is 0 Å². The van der Waals surface area contributed by atoms with Gasteiger partial charge in [-0.25, -0.2) is 0 Å². The highest BCUT2D eigenvalue weighted by atomic mass is 16.5. The molecule has 1 aliphatic carbocycles. The predicted octanol–water partition coefficient (Wildman–Crippen LogP) is 4.53. The molecule has 8 nitrogen and oxygen atoms in total. The largest absolute Gasteiger partial charge is 0.490 e. The van der Waals surface area contributed by atoms with Crippen LogP contribution in [0.3, 0.4) is 0 Å². The van der Waals surface area contributed by atoms with Crippen LogP contribution in [0.1, 0.15) is 56.8 Å². The molecule has 1 N–H and O–H groups in total. The lowest BCUT2D eigenvalue weighted by Gasteiger charge is -2.35. The molecular formula is C28H30N4O4. The Kier molecular flexibility index (Phi) is 6.27. The van der Waals surface area contributed by atoms with Gasteiger partial charge in [-0.2, -0.15) is 10.2 Å². The smallest absolute Gasteiger partial charge is 0.258 e. The Labute approximate surface area is 210 Å². The number of aliphatic hydroxyl groups excluding tert-OH is 1. The molecule has 186 valence electrons. The average molecular weight is 487 g/mol. The second-order valence-corrected chi connectivity index (χ2v) is 10.2. The first-order valence-corrected chi connectivity index (χ1v) is 12.4. The molecule has 1 aromatic heterocycles. The minimum absolute atomic E-state index is 0.0444. The molecule has 3 atom stereocenters. The number of carbonyl (C=O) groups excluding carboxylic acids is 1. The zero-order chi connectivity index (χ0) is 25.6. The molecule has 8 heteroatoms. The summed E-state index contributed by atoms with van der Waals surface area (Å²) in [6, 6.07) is 13.2. The first-order chi connectivity index (χ1) is 17.3. The molecule has 0 bridgehead atoms. The van der Waals surface area contributed by atoms with E-state index in [-0.39, 0.29) is 42.5 Å². The number of benzene rings is 2. The van der Waals surface area contributed by atoms with E-state index in [1.807, 2.05) is 44.7 Å². The summed E-state index contributed by atoms with van der Waals surface area (Å²) in [5.41, 5.74) is 4.15. The lowest BCUT2D eigenvalue weighted by Crippen LogP contribution is -2.43. The Balaban J connectivity index is 1.48.